The van der Waals surface area contributed by atoms with E-state index in [4.69, 9.17) is 5.11 Å². The number of para-hydroxylation sites is 1. The van der Waals surface area contributed by atoms with E-state index in [0.29, 0.717) is 13.0 Å². The molecular formula is C14H19N3O3. The van der Waals surface area contributed by atoms with E-state index in [0.717, 1.165) is 5.69 Å². The van der Waals surface area contributed by atoms with Crippen molar-refractivity contribution in [1.29, 1.82) is 0 Å². The Morgan fingerprint density at radius 1 is 1.45 bits per heavy atom. The van der Waals surface area contributed by atoms with Crippen molar-refractivity contribution >= 4 is 17.6 Å². The summed E-state index contributed by atoms with van der Waals surface area (Å²) >= 11 is 0. The molecule has 0 unspecified atom stereocenters. The highest BCUT2D eigenvalue weighted by Crippen LogP contribution is 2.20. The smallest absolute Gasteiger partial charge is 0.317 e. The molecule has 3 amide bonds. The Bertz CT molecular complexity index is 478. The van der Waals surface area contributed by atoms with Crippen molar-refractivity contribution in [1.82, 2.24) is 10.2 Å². The van der Waals surface area contributed by atoms with Crippen LogP contribution >= 0.6 is 0 Å². The molecule has 0 bridgehead atoms. The first-order chi connectivity index (χ1) is 9.61. The minimum absolute atomic E-state index is 0.00584. The molecule has 1 aliphatic rings. The molecule has 2 N–H and O–H groups in total. The quantitative estimate of drug-likeness (QED) is 0.838. The summed E-state index contributed by atoms with van der Waals surface area (Å²) in [5.74, 6) is 0.00584. The van der Waals surface area contributed by atoms with Gasteiger partial charge in [0.05, 0.1) is 12.6 Å². The molecule has 0 radical (unpaired) electrons. The fourth-order valence-corrected chi connectivity index (χ4v) is 2.20. The lowest BCUT2D eigenvalue weighted by molar-refractivity contribution is -0.117. The number of aliphatic hydroxyl groups is 1. The number of nitrogens with zero attached hydrogens (tertiary/aromatic N) is 2. The van der Waals surface area contributed by atoms with Crippen LogP contribution in [0.4, 0.5) is 10.5 Å². The van der Waals surface area contributed by atoms with Gasteiger partial charge in [0.25, 0.3) is 0 Å². The second-order valence-electron chi connectivity index (χ2n) is 4.84. The average Bonchev–Trinajstić information content (AvgIpc) is 2.80. The summed E-state index contributed by atoms with van der Waals surface area (Å²) in [5, 5.41) is 11.6. The van der Waals surface area contributed by atoms with E-state index in [9.17, 15) is 9.59 Å². The van der Waals surface area contributed by atoms with Gasteiger partial charge in [-0.3, -0.25) is 4.79 Å². The minimum Gasteiger partial charge on any atom is -0.395 e. The van der Waals surface area contributed by atoms with Crippen molar-refractivity contribution in [3.8, 4) is 0 Å². The number of aliphatic hydroxyl groups excluding tert-OH is 1. The topological polar surface area (TPSA) is 72.9 Å². The SMILES string of the molecule is CN(CCO)C(=O)N[C@@H]1CC(=O)N(c2ccccc2)C1. The normalized spacial score (nSPS) is 18.2. The first-order valence-corrected chi connectivity index (χ1v) is 6.59. The molecule has 1 aliphatic heterocycles. The molecule has 0 spiro atoms. The Kier molecular flexibility index (Phi) is 4.57. The summed E-state index contributed by atoms with van der Waals surface area (Å²) in [5.41, 5.74) is 0.845. The molecule has 0 aliphatic carbocycles. The second kappa shape index (κ2) is 6.38. The van der Waals surface area contributed by atoms with Crippen LogP contribution in [0.2, 0.25) is 0 Å². The van der Waals surface area contributed by atoms with Crippen molar-refractivity contribution in [2.75, 3.05) is 31.6 Å². The number of benzene rings is 1. The maximum atomic E-state index is 12.0. The lowest BCUT2D eigenvalue weighted by Crippen LogP contribution is -2.45. The van der Waals surface area contributed by atoms with Crippen LogP contribution in [0.5, 0.6) is 0 Å². The van der Waals surface area contributed by atoms with Crippen molar-refractivity contribution in [3.63, 3.8) is 0 Å². The number of carbonyl (C=O) groups excluding carboxylic acids is 2. The number of rotatable bonds is 4. The van der Waals surface area contributed by atoms with Gasteiger partial charge in [0, 0.05) is 32.2 Å². The van der Waals surface area contributed by atoms with Gasteiger partial charge >= 0.3 is 6.03 Å². The molecule has 20 heavy (non-hydrogen) atoms. The minimum atomic E-state index is -0.272. The fraction of sp³-hybridized carbons (Fsp3) is 0.429. The van der Waals surface area contributed by atoms with Crippen LogP contribution in [-0.4, -0.2) is 54.7 Å². The molecule has 6 heteroatoms. The Morgan fingerprint density at radius 3 is 2.80 bits per heavy atom. The molecule has 0 saturated carbocycles. The maximum Gasteiger partial charge on any atom is 0.317 e. The molecular weight excluding hydrogens is 258 g/mol. The molecule has 1 fully saturated rings. The van der Waals surface area contributed by atoms with Crippen LogP contribution in [-0.2, 0) is 4.79 Å². The third-order valence-corrected chi connectivity index (χ3v) is 3.30. The van der Waals surface area contributed by atoms with E-state index < -0.39 is 0 Å². The molecule has 1 aromatic rings. The zero-order valence-corrected chi connectivity index (χ0v) is 11.5. The van der Waals surface area contributed by atoms with Crippen LogP contribution in [0.25, 0.3) is 0 Å². The predicted octanol–water partition coefficient (Wildman–Crippen LogP) is 0.426. The third-order valence-electron chi connectivity index (χ3n) is 3.30. The predicted molar refractivity (Wildman–Crippen MR) is 75.4 cm³/mol. The Morgan fingerprint density at radius 2 is 2.15 bits per heavy atom. The van der Waals surface area contributed by atoms with E-state index in [2.05, 4.69) is 5.32 Å². The second-order valence-corrected chi connectivity index (χ2v) is 4.84. The number of urea groups is 1. The summed E-state index contributed by atoms with van der Waals surface area (Å²) in [7, 11) is 1.61. The lowest BCUT2D eigenvalue weighted by atomic mass is 10.2. The van der Waals surface area contributed by atoms with Gasteiger partial charge in [-0.1, -0.05) is 18.2 Å². The summed E-state index contributed by atoms with van der Waals surface area (Å²) in [6.07, 6.45) is 0.299. The van der Waals surface area contributed by atoms with Gasteiger partial charge < -0.3 is 20.2 Å². The number of carbonyl (C=O) groups is 2. The maximum absolute atomic E-state index is 12.0. The molecule has 6 nitrogen and oxygen atoms in total. The van der Waals surface area contributed by atoms with Gasteiger partial charge in [0.2, 0.25) is 5.91 Å². The standard InChI is InChI=1S/C14H19N3O3/c1-16(7-8-18)14(20)15-11-9-13(19)17(10-11)12-5-3-2-4-6-12/h2-6,11,18H,7-10H2,1H3,(H,15,20)/t11-/m1/s1. The first kappa shape index (κ1) is 14.3. The van der Waals surface area contributed by atoms with Gasteiger partial charge in [-0.15, -0.1) is 0 Å². The molecule has 2 rings (SSSR count). The molecule has 1 aromatic carbocycles. The Balaban J connectivity index is 1.94. The van der Waals surface area contributed by atoms with Crippen LogP contribution in [0, 0.1) is 0 Å². The van der Waals surface area contributed by atoms with E-state index >= 15 is 0 Å². The number of likely N-dealkylation sites (N-methyl/N-ethyl adjacent to an activating group) is 1. The molecule has 0 aromatic heterocycles. The fourth-order valence-electron chi connectivity index (χ4n) is 2.20. The van der Waals surface area contributed by atoms with Crippen LogP contribution in [0.15, 0.2) is 30.3 Å². The summed E-state index contributed by atoms with van der Waals surface area (Å²) in [6, 6.07) is 8.93. The van der Waals surface area contributed by atoms with Gasteiger partial charge in [-0.05, 0) is 12.1 Å². The highest BCUT2D eigenvalue weighted by Gasteiger charge is 2.31. The van der Waals surface area contributed by atoms with Crippen molar-refractivity contribution in [2.45, 2.75) is 12.5 Å². The number of hydrogen-bond acceptors (Lipinski definition) is 3. The highest BCUT2D eigenvalue weighted by molar-refractivity contribution is 5.96. The van der Waals surface area contributed by atoms with Gasteiger partial charge in [-0.2, -0.15) is 0 Å². The summed E-state index contributed by atoms with van der Waals surface area (Å²) < 4.78 is 0. The summed E-state index contributed by atoms with van der Waals surface area (Å²) in [4.78, 5) is 26.9. The number of amides is 3. The largest absolute Gasteiger partial charge is 0.395 e. The number of anilines is 1. The van der Waals surface area contributed by atoms with E-state index in [1.54, 1.807) is 11.9 Å². The Labute approximate surface area is 118 Å². The lowest BCUT2D eigenvalue weighted by Gasteiger charge is -2.20. The van der Waals surface area contributed by atoms with Crippen LogP contribution in [0.3, 0.4) is 0 Å². The first-order valence-electron chi connectivity index (χ1n) is 6.59. The monoisotopic (exact) mass is 277 g/mol. The van der Waals surface area contributed by atoms with Gasteiger partial charge in [-0.25, -0.2) is 4.79 Å². The van der Waals surface area contributed by atoms with E-state index in [1.807, 2.05) is 30.3 Å². The van der Waals surface area contributed by atoms with E-state index in [-0.39, 0.29) is 31.1 Å². The van der Waals surface area contributed by atoms with E-state index in [1.165, 1.54) is 4.90 Å². The van der Waals surface area contributed by atoms with Crippen molar-refractivity contribution in [2.24, 2.45) is 0 Å². The zero-order valence-electron chi connectivity index (χ0n) is 11.5. The molecule has 108 valence electrons. The van der Waals surface area contributed by atoms with Gasteiger partial charge in [0.1, 0.15) is 0 Å². The third kappa shape index (κ3) is 3.27. The van der Waals surface area contributed by atoms with Gasteiger partial charge in [0.15, 0.2) is 0 Å². The van der Waals surface area contributed by atoms with Crippen molar-refractivity contribution in [3.05, 3.63) is 30.3 Å². The molecule has 1 heterocycles. The van der Waals surface area contributed by atoms with Crippen LogP contribution in [0.1, 0.15) is 6.42 Å². The molecule has 1 saturated heterocycles. The zero-order chi connectivity index (χ0) is 14.5. The number of nitrogens with one attached hydrogen (secondary N) is 1. The highest BCUT2D eigenvalue weighted by atomic mass is 16.3. The molecule has 1 atom stereocenters. The van der Waals surface area contributed by atoms with Crippen LogP contribution < -0.4 is 10.2 Å². The van der Waals surface area contributed by atoms with Crippen molar-refractivity contribution < 1.29 is 14.7 Å². The average molecular weight is 277 g/mol. The number of hydrogen-bond donors (Lipinski definition) is 2. The Hall–Kier alpha value is -2.08. The summed E-state index contributed by atoms with van der Waals surface area (Å²) in [6.45, 7) is 0.667.